The Morgan fingerprint density at radius 2 is 2.14 bits per heavy atom. The van der Waals surface area contributed by atoms with E-state index in [1.54, 1.807) is 12.3 Å². The molecule has 0 amide bonds. The average molecular weight is 212 g/mol. The number of aromatic nitrogens is 1. The Morgan fingerprint density at radius 3 is 2.64 bits per heavy atom. The molecule has 76 valence electrons. The molecule has 0 N–H and O–H groups in total. The predicted octanol–water partition coefficient (Wildman–Crippen LogP) is 3.35. The first-order valence-electron chi connectivity index (χ1n) is 4.53. The smallest absolute Gasteiger partial charge is 0.165 e. The van der Waals surface area contributed by atoms with Gasteiger partial charge in [0.15, 0.2) is 5.78 Å². The summed E-state index contributed by atoms with van der Waals surface area (Å²) in [6.07, 6.45) is 3.58. The van der Waals surface area contributed by atoms with E-state index in [0.29, 0.717) is 17.0 Å². The van der Waals surface area contributed by atoms with Crippen LogP contribution in [0.5, 0.6) is 0 Å². The first-order valence-corrected chi connectivity index (χ1v) is 4.91. The van der Waals surface area contributed by atoms with Crippen LogP contribution in [-0.4, -0.2) is 10.8 Å². The molecule has 0 saturated heterocycles. The summed E-state index contributed by atoms with van der Waals surface area (Å²) in [5, 5.41) is 0.432. The molecule has 0 radical (unpaired) electrons. The Labute approximate surface area is 89.3 Å². The van der Waals surface area contributed by atoms with Crippen LogP contribution in [0.2, 0.25) is 5.02 Å². The number of carbonyl (C=O) groups excluding carboxylic acids is 1. The van der Waals surface area contributed by atoms with Crippen LogP contribution in [0.3, 0.4) is 0 Å². The Bertz CT molecular complexity index is 341. The monoisotopic (exact) mass is 211 g/mol. The van der Waals surface area contributed by atoms with Crippen LogP contribution < -0.4 is 0 Å². The zero-order chi connectivity index (χ0) is 10.8. The Kier molecular flexibility index (Phi) is 3.27. The van der Waals surface area contributed by atoms with Gasteiger partial charge in [0.2, 0.25) is 0 Å². The number of rotatable bonds is 2. The van der Waals surface area contributed by atoms with E-state index >= 15 is 0 Å². The first kappa shape index (κ1) is 11.2. The van der Waals surface area contributed by atoms with Crippen LogP contribution in [0.4, 0.5) is 0 Å². The Balaban J connectivity index is 2.86. The van der Waals surface area contributed by atoms with E-state index in [9.17, 15) is 4.79 Å². The van der Waals surface area contributed by atoms with Crippen molar-refractivity contribution >= 4 is 17.4 Å². The molecule has 1 aromatic rings. The second kappa shape index (κ2) is 4.09. The summed E-state index contributed by atoms with van der Waals surface area (Å²) >= 11 is 5.86. The molecule has 0 atom stereocenters. The van der Waals surface area contributed by atoms with Crippen LogP contribution in [0.1, 0.15) is 37.6 Å². The van der Waals surface area contributed by atoms with Crippen molar-refractivity contribution in [3.63, 3.8) is 0 Å². The lowest BCUT2D eigenvalue weighted by molar-refractivity contribution is 0.0940. The summed E-state index contributed by atoms with van der Waals surface area (Å²) in [5.41, 5.74) is 0.556. The van der Waals surface area contributed by atoms with Gasteiger partial charge in [-0.2, -0.15) is 0 Å². The molecule has 0 aliphatic carbocycles. The van der Waals surface area contributed by atoms with Crippen molar-refractivity contribution in [3.05, 3.63) is 29.0 Å². The van der Waals surface area contributed by atoms with Crippen molar-refractivity contribution < 1.29 is 4.79 Å². The maximum absolute atomic E-state index is 11.8. The van der Waals surface area contributed by atoms with Crippen LogP contribution in [-0.2, 0) is 0 Å². The summed E-state index contributed by atoms with van der Waals surface area (Å²) in [6, 6.07) is 1.66. The molecule has 0 aromatic carbocycles. The maximum Gasteiger partial charge on any atom is 0.165 e. The fourth-order valence-electron chi connectivity index (χ4n) is 1.18. The summed E-state index contributed by atoms with van der Waals surface area (Å²) in [7, 11) is 0. The Hall–Kier alpha value is -0.890. The largest absolute Gasteiger partial charge is 0.294 e. The molecule has 0 spiro atoms. The predicted molar refractivity (Wildman–Crippen MR) is 57.6 cm³/mol. The first-order chi connectivity index (χ1) is 6.40. The SMILES string of the molecule is CC(C)(C)CC(=O)c1ccncc1Cl. The van der Waals surface area contributed by atoms with Gasteiger partial charge < -0.3 is 0 Å². The lowest BCUT2D eigenvalue weighted by Gasteiger charge is -2.16. The van der Waals surface area contributed by atoms with Crippen molar-refractivity contribution in [3.8, 4) is 0 Å². The fourth-order valence-corrected chi connectivity index (χ4v) is 1.40. The Morgan fingerprint density at radius 1 is 1.50 bits per heavy atom. The minimum absolute atomic E-state index is 0.0102. The zero-order valence-electron chi connectivity index (χ0n) is 8.67. The van der Waals surface area contributed by atoms with E-state index in [1.165, 1.54) is 6.20 Å². The molecule has 0 saturated carbocycles. The van der Waals surface area contributed by atoms with E-state index in [2.05, 4.69) is 4.98 Å². The molecular formula is C11H14ClNO. The van der Waals surface area contributed by atoms with Crippen molar-refractivity contribution in [1.82, 2.24) is 4.98 Å². The van der Waals surface area contributed by atoms with E-state index < -0.39 is 0 Å². The zero-order valence-corrected chi connectivity index (χ0v) is 9.43. The molecule has 0 unspecified atom stereocenters. The molecule has 1 rings (SSSR count). The second-order valence-electron chi connectivity index (χ2n) is 4.52. The molecular weight excluding hydrogens is 198 g/mol. The lowest BCUT2D eigenvalue weighted by Crippen LogP contribution is -2.13. The summed E-state index contributed by atoms with van der Waals surface area (Å²) < 4.78 is 0. The molecule has 0 bridgehead atoms. The van der Waals surface area contributed by atoms with Crippen molar-refractivity contribution in [2.75, 3.05) is 0 Å². The fraction of sp³-hybridized carbons (Fsp3) is 0.455. The molecule has 14 heavy (non-hydrogen) atoms. The van der Waals surface area contributed by atoms with Gasteiger partial charge in [0.1, 0.15) is 0 Å². The number of pyridine rings is 1. The number of carbonyl (C=O) groups is 1. The van der Waals surface area contributed by atoms with Gasteiger partial charge in [-0.05, 0) is 11.5 Å². The van der Waals surface area contributed by atoms with Gasteiger partial charge in [0.25, 0.3) is 0 Å². The standard InChI is InChI=1S/C11H14ClNO/c1-11(2,3)6-10(14)8-4-5-13-7-9(8)12/h4-5,7H,6H2,1-3H3. The van der Waals surface area contributed by atoms with E-state index in [4.69, 9.17) is 11.6 Å². The molecule has 0 fully saturated rings. The number of ketones is 1. The highest BCUT2D eigenvalue weighted by Crippen LogP contribution is 2.24. The number of Topliss-reactive ketones (excluding diaryl/α,β-unsaturated/α-hetero) is 1. The summed E-state index contributed by atoms with van der Waals surface area (Å²) in [4.78, 5) is 15.6. The maximum atomic E-state index is 11.8. The van der Waals surface area contributed by atoms with E-state index in [1.807, 2.05) is 20.8 Å². The van der Waals surface area contributed by atoms with Gasteiger partial charge in [-0.3, -0.25) is 9.78 Å². The third kappa shape index (κ3) is 3.11. The topological polar surface area (TPSA) is 30.0 Å². The van der Waals surface area contributed by atoms with Crippen molar-refractivity contribution in [2.45, 2.75) is 27.2 Å². The molecule has 2 nitrogen and oxygen atoms in total. The van der Waals surface area contributed by atoms with Gasteiger partial charge in [-0.15, -0.1) is 0 Å². The minimum Gasteiger partial charge on any atom is -0.294 e. The molecule has 1 heterocycles. The molecule has 1 aromatic heterocycles. The highest BCUT2D eigenvalue weighted by molar-refractivity contribution is 6.33. The average Bonchev–Trinajstić information content (AvgIpc) is 2.01. The van der Waals surface area contributed by atoms with Crippen LogP contribution >= 0.6 is 11.6 Å². The van der Waals surface area contributed by atoms with E-state index in [-0.39, 0.29) is 11.2 Å². The molecule has 0 aliphatic heterocycles. The van der Waals surface area contributed by atoms with Crippen LogP contribution in [0.15, 0.2) is 18.5 Å². The highest BCUT2D eigenvalue weighted by atomic mass is 35.5. The normalized spacial score (nSPS) is 11.4. The number of hydrogen-bond donors (Lipinski definition) is 0. The highest BCUT2D eigenvalue weighted by Gasteiger charge is 2.18. The third-order valence-electron chi connectivity index (χ3n) is 1.76. The number of hydrogen-bond acceptors (Lipinski definition) is 2. The summed E-state index contributed by atoms with van der Waals surface area (Å²) in [6.45, 7) is 6.08. The van der Waals surface area contributed by atoms with Crippen molar-refractivity contribution in [2.24, 2.45) is 5.41 Å². The number of halogens is 1. The number of nitrogens with zero attached hydrogens (tertiary/aromatic N) is 1. The van der Waals surface area contributed by atoms with Gasteiger partial charge in [-0.1, -0.05) is 32.4 Å². The lowest BCUT2D eigenvalue weighted by atomic mass is 9.88. The van der Waals surface area contributed by atoms with Crippen LogP contribution in [0.25, 0.3) is 0 Å². The van der Waals surface area contributed by atoms with Crippen LogP contribution in [0, 0.1) is 5.41 Å². The quantitative estimate of drug-likeness (QED) is 0.703. The molecule has 3 heteroatoms. The molecule has 0 aliphatic rings. The van der Waals surface area contributed by atoms with Gasteiger partial charge >= 0.3 is 0 Å². The third-order valence-corrected chi connectivity index (χ3v) is 2.06. The second-order valence-corrected chi connectivity index (χ2v) is 4.92. The van der Waals surface area contributed by atoms with Gasteiger partial charge in [0.05, 0.1) is 5.02 Å². The minimum atomic E-state index is -0.0102. The van der Waals surface area contributed by atoms with Crippen molar-refractivity contribution in [1.29, 1.82) is 0 Å². The van der Waals surface area contributed by atoms with Gasteiger partial charge in [-0.25, -0.2) is 0 Å². The summed E-state index contributed by atoms with van der Waals surface area (Å²) in [5.74, 6) is 0.0740. The van der Waals surface area contributed by atoms with Gasteiger partial charge in [0, 0.05) is 24.4 Å². The van der Waals surface area contributed by atoms with E-state index in [0.717, 1.165) is 0 Å².